The van der Waals surface area contributed by atoms with Crippen LogP contribution in [-0.4, -0.2) is 28.6 Å². The molecule has 1 aliphatic rings. The van der Waals surface area contributed by atoms with E-state index in [0.29, 0.717) is 0 Å². The van der Waals surface area contributed by atoms with Gasteiger partial charge in [-0.25, -0.2) is 9.97 Å². The van der Waals surface area contributed by atoms with Gasteiger partial charge in [-0.15, -0.1) is 11.3 Å². The lowest BCUT2D eigenvalue weighted by atomic mass is 10.1. The first-order valence-electron chi connectivity index (χ1n) is 7.21. The molecule has 0 unspecified atom stereocenters. The van der Waals surface area contributed by atoms with Crippen molar-refractivity contribution in [2.24, 2.45) is 0 Å². The van der Waals surface area contributed by atoms with Gasteiger partial charge in [0.1, 0.15) is 10.8 Å². The number of aromatic amines is 1. The number of nitrogens with zero attached hydrogens (tertiary/aromatic N) is 2. The highest BCUT2D eigenvalue weighted by atomic mass is 32.1. The second kappa shape index (κ2) is 5.55. The van der Waals surface area contributed by atoms with E-state index in [1.807, 2.05) is 24.4 Å². The molecule has 0 saturated heterocycles. The molecule has 2 N–H and O–H groups in total. The van der Waals surface area contributed by atoms with E-state index in [-0.39, 0.29) is 6.04 Å². The first-order valence-corrected chi connectivity index (χ1v) is 8.02. The van der Waals surface area contributed by atoms with E-state index >= 15 is 0 Å². The molecule has 0 bridgehead atoms. The lowest BCUT2D eigenvalue weighted by molar-refractivity contribution is 0.415. The third-order valence-corrected chi connectivity index (χ3v) is 4.98. The van der Waals surface area contributed by atoms with Gasteiger partial charge in [0.15, 0.2) is 0 Å². The number of H-pyrrole nitrogens is 1. The summed E-state index contributed by atoms with van der Waals surface area (Å²) in [5.74, 6) is 0.847. The Morgan fingerprint density at radius 3 is 3.18 bits per heavy atom. The van der Waals surface area contributed by atoms with Gasteiger partial charge in [-0.05, 0) is 12.1 Å². The molecule has 3 aromatic rings. The quantitative estimate of drug-likeness (QED) is 0.780. The SMILES string of the molecule is COc1cccc(-c2ncc([C@@H]3NCCc4[nH]cnc43)s2)c1. The Balaban J connectivity index is 1.68. The first-order chi connectivity index (χ1) is 10.8. The average molecular weight is 312 g/mol. The van der Waals surface area contributed by atoms with E-state index < -0.39 is 0 Å². The Morgan fingerprint density at radius 2 is 2.27 bits per heavy atom. The van der Waals surface area contributed by atoms with Crippen molar-refractivity contribution in [3.05, 3.63) is 53.1 Å². The molecule has 3 heterocycles. The van der Waals surface area contributed by atoms with Crippen LogP contribution in [0, 0.1) is 0 Å². The van der Waals surface area contributed by atoms with Crippen LogP contribution in [0.15, 0.2) is 36.8 Å². The minimum Gasteiger partial charge on any atom is -0.497 e. The highest BCUT2D eigenvalue weighted by Crippen LogP contribution is 2.34. The third-order valence-electron chi connectivity index (χ3n) is 3.87. The van der Waals surface area contributed by atoms with E-state index in [2.05, 4.69) is 26.3 Å². The monoisotopic (exact) mass is 312 g/mol. The molecule has 2 aromatic heterocycles. The van der Waals surface area contributed by atoms with Gasteiger partial charge in [-0.2, -0.15) is 0 Å². The van der Waals surface area contributed by atoms with E-state index in [4.69, 9.17) is 4.74 Å². The molecule has 4 rings (SSSR count). The molecular formula is C16H16N4OS. The van der Waals surface area contributed by atoms with Crippen LogP contribution in [-0.2, 0) is 6.42 Å². The van der Waals surface area contributed by atoms with Crippen molar-refractivity contribution in [2.45, 2.75) is 12.5 Å². The van der Waals surface area contributed by atoms with Crippen LogP contribution in [0.25, 0.3) is 10.6 Å². The van der Waals surface area contributed by atoms with Gasteiger partial charge in [-0.1, -0.05) is 12.1 Å². The van der Waals surface area contributed by atoms with E-state index in [9.17, 15) is 0 Å². The zero-order valence-electron chi connectivity index (χ0n) is 12.2. The smallest absolute Gasteiger partial charge is 0.123 e. The molecule has 0 fully saturated rings. The number of benzene rings is 1. The van der Waals surface area contributed by atoms with Crippen molar-refractivity contribution in [3.8, 4) is 16.3 Å². The summed E-state index contributed by atoms with van der Waals surface area (Å²) in [5.41, 5.74) is 3.39. The Kier molecular flexibility index (Phi) is 3.40. The van der Waals surface area contributed by atoms with E-state index in [1.54, 1.807) is 24.8 Å². The van der Waals surface area contributed by atoms with Crippen molar-refractivity contribution in [2.75, 3.05) is 13.7 Å². The van der Waals surface area contributed by atoms with Crippen molar-refractivity contribution < 1.29 is 4.74 Å². The lowest BCUT2D eigenvalue weighted by Gasteiger charge is -2.21. The molecular weight excluding hydrogens is 296 g/mol. The maximum absolute atomic E-state index is 5.29. The second-order valence-corrected chi connectivity index (χ2v) is 6.27. The molecule has 22 heavy (non-hydrogen) atoms. The fourth-order valence-electron chi connectivity index (χ4n) is 2.76. The van der Waals surface area contributed by atoms with Gasteiger partial charge in [0, 0.05) is 35.3 Å². The fraction of sp³-hybridized carbons (Fsp3) is 0.250. The first kappa shape index (κ1) is 13.5. The van der Waals surface area contributed by atoms with Gasteiger partial charge in [0.25, 0.3) is 0 Å². The fourth-order valence-corrected chi connectivity index (χ4v) is 3.76. The summed E-state index contributed by atoms with van der Waals surface area (Å²) in [6.45, 7) is 0.951. The van der Waals surface area contributed by atoms with Crippen LogP contribution >= 0.6 is 11.3 Å². The summed E-state index contributed by atoms with van der Waals surface area (Å²) >= 11 is 1.70. The molecule has 5 nitrogen and oxygen atoms in total. The zero-order chi connectivity index (χ0) is 14.9. The number of methoxy groups -OCH3 is 1. The van der Waals surface area contributed by atoms with Crippen molar-refractivity contribution >= 4 is 11.3 Å². The number of thiazole rings is 1. The molecule has 1 aliphatic heterocycles. The Bertz CT molecular complexity index is 795. The normalized spacial score (nSPS) is 17.2. The number of aromatic nitrogens is 3. The highest BCUT2D eigenvalue weighted by Gasteiger charge is 2.25. The predicted octanol–water partition coefficient (Wildman–Crippen LogP) is 2.78. The summed E-state index contributed by atoms with van der Waals surface area (Å²) in [6.07, 6.45) is 4.71. The summed E-state index contributed by atoms with van der Waals surface area (Å²) in [6, 6.07) is 8.12. The molecule has 1 atom stereocenters. The minimum absolute atomic E-state index is 0.131. The van der Waals surface area contributed by atoms with Crippen LogP contribution in [0.5, 0.6) is 5.75 Å². The number of ether oxygens (including phenoxy) is 1. The maximum atomic E-state index is 5.29. The number of fused-ring (bicyclic) bond motifs is 1. The standard InChI is InChI=1S/C16H16N4OS/c1-21-11-4-2-3-10(7-11)16-18-8-13(22-16)15-14-12(5-6-17-15)19-9-20-14/h2-4,7-9,15,17H,5-6H2,1H3,(H,19,20)/t15-/m0/s1. The number of nitrogens with one attached hydrogen (secondary N) is 2. The molecule has 6 heteroatoms. The number of rotatable bonds is 3. The molecule has 0 radical (unpaired) electrons. The average Bonchev–Trinajstić information content (AvgIpc) is 3.23. The topological polar surface area (TPSA) is 62.8 Å². The minimum atomic E-state index is 0.131. The Morgan fingerprint density at radius 1 is 1.32 bits per heavy atom. The van der Waals surface area contributed by atoms with Crippen LogP contribution < -0.4 is 10.1 Å². The van der Waals surface area contributed by atoms with Crippen LogP contribution in [0.4, 0.5) is 0 Å². The van der Waals surface area contributed by atoms with Gasteiger partial charge in [0.05, 0.1) is 25.2 Å². The summed E-state index contributed by atoms with van der Waals surface area (Å²) in [4.78, 5) is 13.5. The predicted molar refractivity (Wildman–Crippen MR) is 86.2 cm³/mol. The van der Waals surface area contributed by atoms with Gasteiger partial charge in [0.2, 0.25) is 0 Å². The highest BCUT2D eigenvalue weighted by molar-refractivity contribution is 7.15. The summed E-state index contributed by atoms with van der Waals surface area (Å²) in [5, 5.41) is 4.53. The van der Waals surface area contributed by atoms with Crippen molar-refractivity contribution in [1.29, 1.82) is 0 Å². The largest absolute Gasteiger partial charge is 0.497 e. The van der Waals surface area contributed by atoms with E-state index in [0.717, 1.165) is 35.0 Å². The van der Waals surface area contributed by atoms with Crippen LogP contribution in [0.2, 0.25) is 0 Å². The summed E-state index contributed by atoms with van der Waals surface area (Å²) < 4.78 is 5.29. The maximum Gasteiger partial charge on any atom is 0.123 e. The number of imidazole rings is 1. The third kappa shape index (κ3) is 2.30. The molecule has 0 saturated carbocycles. The number of hydrogen-bond acceptors (Lipinski definition) is 5. The molecule has 0 spiro atoms. The van der Waals surface area contributed by atoms with Gasteiger partial charge < -0.3 is 15.0 Å². The van der Waals surface area contributed by atoms with Crippen LogP contribution in [0.1, 0.15) is 22.3 Å². The lowest BCUT2D eigenvalue weighted by Crippen LogP contribution is -2.30. The molecule has 0 amide bonds. The summed E-state index contributed by atoms with van der Waals surface area (Å²) in [7, 11) is 1.68. The van der Waals surface area contributed by atoms with Gasteiger partial charge in [-0.3, -0.25) is 0 Å². The van der Waals surface area contributed by atoms with Crippen LogP contribution in [0.3, 0.4) is 0 Å². The molecule has 112 valence electrons. The van der Waals surface area contributed by atoms with Gasteiger partial charge >= 0.3 is 0 Å². The van der Waals surface area contributed by atoms with Crippen molar-refractivity contribution in [3.63, 3.8) is 0 Å². The van der Waals surface area contributed by atoms with E-state index in [1.165, 1.54) is 10.6 Å². The second-order valence-electron chi connectivity index (χ2n) is 5.20. The van der Waals surface area contributed by atoms with Crippen molar-refractivity contribution in [1.82, 2.24) is 20.3 Å². The Hall–Kier alpha value is -2.18. The molecule has 0 aliphatic carbocycles. The number of hydrogen-bond donors (Lipinski definition) is 2. The molecule has 1 aromatic carbocycles. The Labute approximate surface area is 132 Å². The zero-order valence-corrected chi connectivity index (χ0v) is 13.0.